The zero-order chi connectivity index (χ0) is 16.9. The van der Waals surface area contributed by atoms with Crippen molar-refractivity contribution in [2.24, 2.45) is 23.7 Å². The Morgan fingerprint density at radius 1 is 0.600 bits per heavy atom. The molecule has 0 amide bonds. The Kier molecular flexibility index (Phi) is 17.2. The molecular formula is C22H36Cl2Ti. The van der Waals surface area contributed by atoms with Gasteiger partial charge >= 0.3 is 21.7 Å². The fraction of sp³-hybridized carbons (Fsp3) is 0.636. The molecule has 0 spiro atoms. The summed E-state index contributed by atoms with van der Waals surface area (Å²) in [6.45, 7) is 18.0. The first-order valence-corrected chi connectivity index (χ1v) is 8.87. The van der Waals surface area contributed by atoms with Gasteiger partial charge in [-0.1, -0.05) is 79.1 Å². The number of allylic oxidation sites excluding steroid dienone is 8. The van der Waals surface area contributed by atoms with Gasteiger partial charge in [-0.3, -0.25) is 12.2 Å². The number of halogens is 2. The van der Waals surface area contributed by atoms with Crippen LogP contribution in [0.3, 0.4) is 0 Å². The zero-order valence-corrected chi connectivity index (χ0v) is 20.4. The second-order valence-electron chi connectivity index (χ2n) is 7.53. The van der Waals surface area contributed by atoms with Crippen molar-refractivity contribution in [1.82, 2.24) is 0 Å². The van der Waals surface area contributed by atoms with Crippen LogP contribution in [0.5, 0.6) is 0 Å². The molecule has 0 aromatic heterocycles. The van der Waals surface area contributed by atoms with Gasteiger partial charge in [-0.05, 0) is 0 Å². The zero-order valence-electron chi connectivity index (χ0n) is 17.2. The van der Waals surface area contributed by atoms with Crippen LogP contribution in [0.2, 0.25) is 0 Å². The van der Waals surface area contributed by atoms with Gasteiger partial charge in [-0.25, -0.2) is 11.1 Å². The Morgan fingerprint density at radius 3 is 1.04 bits per heavy atom. The van der Waals surface area contributed by atoms with Gasteiger partial charge in [-0.2, -0.15) is 23.3 Å². The third-order valence-electron chi connectivity index (χ3n) is 4.25. The molecule has 0 unspecified atom stereocenters. The van der Waals surface area contributed by atoms with Gasteiger partial charge in [-0.15, -0.1) is 37.7 Å². The Balaban J connectivity index is -0.000000346. The molecule has 0 aromatic carbocycles. The summed E-state index contributed by atoms with van der Waals surface area (Å²) in [6.07, 6.45) is 13.5. The third kappa shape index (κ3) is 9.14. The van der Waals surface area contributed by atoms with Crippen LogP contribution in [-0.2, 0) is 21.7 Å². The molecule has 3 heteroatoms. The summed E-state index contributed by atoms with van der Waals surface area (Å²) in [5.74, 6) is 2.63. The van der Waals surface area contributed by atoms with Crippen molar-refractivity contribution >= 4 is 24.8 Å². The van der Waals surface area contributed by atoms with Gasteiger partial charge < -0.3 is 0 Å². The fourth-order valence-corrected chi connectivity index (χ4v) is 3.13. The van der Waals surface area contributed by atoms with Crippen molar-refractivity contribution in [1.29, 1.82) is 0 Å². The largest absolute Gasteiger partial charge is 2.00 e. The van der Waals surface area contributed by atoms with Crippen molar-refractivity contribution in [2.75, 3.05) is 0 Å². The van der Waals surface area contributed by atoms with E-state index in [1.165, 1.54) is 22.3 Å². The van der Waals surface area contributed by atoms with E-state index in [0.717, 1.165) is 12.8 Å². The summed E-state index contributed by atoms with van der Waals surface area (Å²) in [5.41, 5.74) is 5.92. The minimum Gasteiger partial charge on any atom is -0.269 e. The molecule has 25 heavy (non-hydrogen) atoms. The maximum atomic E-state index is 3.41. The van der Waals surface area contributed by atoms with Crippen molar-refractivity contribution in [3.8, 4) is 0 Å². The van der Waals surface area contributed by atoms with E-state index in [0.29, 0.717) is 23.7 Å². The van der Waals surface area contributed by atoms with Gasteiger partial charge in [0.1, 0.15) is 0 Å². The van der Waals surface area contributed by atoms with Gasteiger partial charge in [0.2, 0.25) is 0 Å². The second-order valence-corrected chi connectivity index (χ2v) is 7.53. The maximum Gasteiger partial charge on any atom is 2.00 e. The van der Waals surface area contributed by atoms with Gasteiger partial charge in [0, 0.05) is 0 Å². The molecule has 0 aromatic rings. The van der Waals surface area contributed by atoms with E-state index in [4.69, 9.17) is 0 Å². The van der Waals surface area contributed by atoms with Gasteiger partial charge in [0.15, 0.2) is 0 Å². The molecule has 0 heterocycles. The molecule has 0 saturated carbocycles. The van der Waals surface area contributed by atoms with Crippen LogP contribution in [0.1, 0.15) is 68.2 Å². The van der Waals surface area contributed by atoms with Crippen LogP contribution in [0.15, 0.2) is 34.4 Å². The number of hydrogen-bond acceptors (Lipinski definition) is 0. The SMILES string of the molecule is CC(C)C1=[C-]CC=C1C(C)C.CC(C)C1=[C-]CC=C1C(C)C.Cl.Cl.[Ti+2]. The summed E-state index contributed by atoms with van der Waals surface area (Å²) >= 11 is 0. The summed E-state index contributed by atoms with van der Waals surface area (Å²) < 4.78 is 0. The van der Waals surface area contributed by atoms with E-state index >= 15 is 0 Å². The van der Waals surface area contributed by atoms with Crippen LogP contribution < -0.4 is 0 Å². The van der Waals surface area contributed by atoms with E-state index < -0.39 is 0 Å². The van der Waals surface area contributed by atoms with Crippen LogP contribution in [0.25, 0.3) is 0 Å². The molecule has 0 N–H and O–H groups in total. The number of rotatable bonds is 4. The van der Waals surface area contributed by atoms with Crippen LogP contribution >= 0.6 is 24.8 Å². The minimum absolute atomic E-state index is 0. The average molecular weight is 419 g/mol. The summed E-state index contributed by atoms with van der Waals surface area (Å²) in [4.78, 5) is 0. The maximum absolute atomic E-state index is 3.41. The third-order valence-corrected chi connectivity index (χ3v) is 4.25. The Hall–Kier alpha value is 0.254. The molecule has 0 fully saturated rings. The first kappa shape index (κ1) is 30.0. The fourth-order valence-electron chi connectivity index (χ4n) is 3.13. The smallest absolute Gasteiger partial charge is 0.269 e. The van der Waals surface area contributed by atoms with Crippen LogP contribution in [-0.4, -0.2) is 0 Å². The molecule has 0 radical (unpaired) electrons. The van der Waals surface area contributed by atoms with Crippen molar-refractivity contribution in [2.45, 2.75) is 68.2 Å². The summed E-state index contributed by atoms with van der Waals surface area (Å²) in [7, 11) is 0. The normalized spacial score (nSPS) is 15.5. The molecule has 0 saturated heterocycles. The number of hydrogen-bond donors (Lipinski definition) is 0. The van der Waals surface area contributed by atoms with Crippen molar-refractivity contribution in [3.05, 3.63) is 46.6 Å². The monoisotopic (exact) mass is 418 g/mol. The molecule has 2 aliphatic rings. The van der Waals surface area contributed by atoms with Crippen LogP contribution in [0, 0.1) is 35.8 Å². The van der Waals surface area contributed by atoms with Crippen molar-refractivity contribution < 1.29 is 21.7 Å². The minimum atomic E-state index is 0. The predicted molar refractivity (Wildman–Crippen MR) is 113 cm³/mol. The first-order valence-electron chi connectivity index (χ1n) is 8.87. The predicted octanol–water partition coefficient (Wildman–Crippen LogP) is 7.56. The summed E-state index contributed by atoms with van der Waals surface area (Å²) in [5, 5.41) is 0. The molecule has 0 nitrogen and oxygen atoms in total. The molecule has 0 aliphatic heterocycles. The van der Waals surface area contributed by atoms with E-state index in [1.54, 1.807) is 0 Å². The van der Waals surface area contributed by atoms with Crippen LogP contribution in [0.4, 0.5) is 0 Å². The molecule has 142 valence electrons. The van der Waals surface area contributed by atoms with E-state index in [9.17, 15) is 0 Å². The van der Waals surface area contributed by atoms with Gasteiger partial charge in [0.25, 0.3) is 0 Å². The molecule has 2 rings (SSSR count). The standard InChI is InChI=1S/2C11H17.2ClH.Ti/c2*1-8(2)10-6-5-7-11(10)9(3)4;;;/h2*6,8-9H,5H2,1-4H3;2*1H;/q2*-1;;;+2. The van der Waals surface area contributed by atoms with E-state index in [1.807, 2.05) is 0 Å². The van der Waals surface area contributed by atoms with E-state index in [-0.39, 0.29) is 46.5 Å². The Bertz CT molecular complexity index is 402. The first-order chi connectivity index (χ1) is 10.3. The van der Waals surface area contributed by atoms with Gasteiger partial charge in [0.05, 0.1) is 0 Å². The molecular weight excluding hydrogens is 383 g/mol. The Morgan fingerprint density at radius 2 is 0.880 bits per heavy atom. The van der Waals surface area contributed by atoms with Crippen molar-refractivity contribution in [3.63, 3.8) is 0 Å². The molecule has 2 aliphatic carbocycles. The summed E-state index contributed by atoms with van der Waals surface area (Å²) in [6, 6.07) is 0. The average Bonchev–Trinajstić information content (AvgIpc) is 3.08. The van der Waals surface area contributed by atoms with E-state index in [2.05, 4.69) is 79.7 Å². The Labute approximate surface area is 184 Å². The second kappa shape index (κ2) is 14.3. The topological polar surface area (TPSA) is 0 Å². The molecule has 0 atom stereocenters. The molecule has 0 bridgehead atoms. The quantitative estimate of drug-likeness (QED) is 0.326.